The summed E-state index contributed by atoms with van der Waals surface area (Å²) >= 11 is 0. The molecule has 170 valence electrons. The molecule has 2 N–H and O–H groups in total. The van der Waals surface area contributed by atoms with Gasteiger partial charge >= 0.3 is 0 Å². The Bertz CT molecular complexity index is 1490. The third-order valence-electron chi connectivity index (χ3n) is 5.98. The summed E-state index contributed by atoms with van der Waals surface area (Å²) in [4.78, 5) is 12.0. The molecule has 1 unspecified atom stereocenters. The third-order valence-corrected chi connectivity index (χ3v) is 7.29. The third kappa shape index (κ3) is 3.89. The Morgan fingerprint density at radius 2 is 1.74 bits per heavy atom. The summed E-state index contributed by atoms with van der Waals surface area (Å²) in [6.45, 7) is 4.04. The van der Waals surface area contributed by atoms with Crippen LogP contribution in [0.5, 0.6) is 0 Å². The molecule has 1 aliphatic heterocycles. The number of aromatic nitrogens is 4. The van der Waals surface area contributed by atoms with Gasteiger partial charge in [-0.1, -0.05) is 18.2 Å². The van der Waals surface area contributed by atoms with E-state index in [1.807, 2.05) is 36.4 Å². The second-order valence-corrected chi connectivity index (χ2v) is 9.42. The Kier molecular flexibility index (Phi) is 5.40. The monoisotopic (exact) mass is 469 g/mol. The molecule has 9 heteroatoms. The summed E-state index contributed by atoms with van der Waals surface area (Å²) in [5, 5.41) is 12.9. The van der Waals surface area contributed by atoms with E-state index in [0.717, 1.165) is 48.2 Å². The molecule has 1 saturated heterocycles. The average molecular weight is 470 g/mol. The summed E-state index contributed by atoms with van der Waals surface area (Å²) in [6.07, 6.45) is 5.14. The average Bonchev–Trinajstić information content (AvgIpc) is 3.32. The first-order valence-corrected chi connectivity index (χ1v) is 12.3. The van der Waals surface area contributed by atoms with Crippen LogP contribution in [0.3, 0.4) is 0 Å². The number of hydrogen-bond acceptors (Lipinski definition) is 7. The number of benzene rings is 2. The summed E-state index contributed by atoms with van der Waals surface area (Å²) in [7, 11) is -1.55. The lowest BCUT2D eigenvalue weighted by Crippen LogP contribution is -2.43. The lowest BCUT2D eigenvalue weighted by Gasteiger charge is -2.29. The van der Waals surface area contributed by atoms with Crippen LogP contribution in [-0.2, 0) is 11.0 Å². The van der Waals surface area contributed by atoms with Crippen molar-refractivity contribution >= 4 is 50.0 Å². The fourth-order valence-corrected chi connectivity index (χ4v) is 5.42. The Balaban J connectivity index is 1.29. The van der Waals surface area contributed by atoms with E-state index in [4.69, 9.17) is 0 Å². The SMILES string of the molecule is O=S(c1cccc2cccnc12)n1ncc2cnc(Nc3ccc(N4CCNCC4)cc3)cc21. The van der Waals surface area contributed by atoms with E-state index in [2.05, 4.69) is 54.9 Å². The van der Waals surface area contributed by atoms with Crippen molar-refractivity contribution in [1.82, 2.24) is 24.5 Å². The van der Waals surface area contributed by atoms with E-state index in [-0.39, 0.29) is 0 Å². The highest BCUT2D eigenvalue weighted by atomic mass is 32.2. The number of nitrogens with zero attached hydrogens (tertiary/aromatic N) is 5. The molecule has 0 amide bonds. The Labute approximate surface area is 199 Å². The molecular formula is C25H23N7OS. The number of nitrogens with one attached hydrogen (secondary N) is 2. The quantitative estimate of drug-likeness (QED) is 0.406. The summed E-state index contributed by atoms with van der Waals surface area (Å²) in [6, 6.07) is 19.8. The van der Waals surface area contributed by atoms with Crippen molar-refractivity contribution in [2.24, 2.45) is 0 Å². The van der Waals surface area contributed by atoms with E-state index in [1.165, 1.54) is 9.77 Å². The first-order valence-electron chi connectivity index (χ1n) is 11.2. The first kappa shape index (κ1) is 20.8. The molecule has 1 atom stereocenters. The molecule has 34 heavy (non-hydrogen) atoms. The van der Waals surface area contributed by atoms with Gasteiger partial charge in [-0.2, -0.15) is 9.19 Å². The minimum atomic E-state index is -1.55. The molecule has 2 aromatic carbocycles. The Hall–Kier alpha value is -3.82. The van der Waals surface area contributed by atoms with Gasteiger partial charge in [0.05, 0.1) is 22.1 Å². The van der Waals surface area contributed by atoms with Crippen LogP contribution in [0.4, 0.5) is 17.2 Å². The van der Waals surface area contributed by atoms with Gasteiger partial charge in [0.25, 0.3) is 0 Å². The number of pyridine rings is 2. The van der Waals surface area contributed by atoms with Crippen molar-refractivity contribution in [2.75, 3.05) is 36.4 Å². The van der Waals surface area contributed by atoms with Crippen molar-refractivity contribution in [3.05, 3.63) is 79.3 Å². The van der Waals surface area contributed by atoms with Crippen LogP contribution in [0, 0.1) is 0 Å². The van der Waals surface area contributed by atoms with Crippen LogP contribution >= 0.6 is 0 Å². The molecule has 1 fully saturated rings. The van der Waals surface area contributed by atoms with Gasteiger partial charge in [0, 0.05) is 66.8 Å². The van der Waals surface area contributed by atoms with E-state index in [1.54, 1.807) is 18.6 Å². The molecule has 1 aliphatic rings. The van der Waals surface area contributed by atoms with Crippen molar-refractivity contribution in [3.63, 3.8) is 0 Å². The maximum absolute atomic E-state index is 13.5. The Morgan fingerprint density at radius 3 is 2.59 bits per heavy atom. The number of para-hydroxylation sites is 1. The van der Waals surface area contributed by atoms with Gasteiger partial charge in [-0.05, 0) is 36.4 Å². The standard InChI is InChI=1S/C25H23N7OS/c33-34(23-5-1-3-18-4-2-10-27-25(18)23)32-22-15-24(28-16-19(22)17-29-32)30-20-6-8-21(9-7-20)31-13-11-26-12-14-31/h1-10,15-17,26H,11-14H2,(H,28,30). The van der Waals surface area contributed by atoms with Crippen molar-refractivity contribution in [1.29, 1.82) is 0 Å². The molecule has 0 aliphatic carbocycles. The number of fused-ring (bicyclic) bond motifs is 2. The van der Waals surface area contributed by atoms with E-state index in [9.17, 15) is 4.21 Å². The van der Waals surface area contributed by atoms with Crippen LogP contribution in [0.2, 0.25) is 0 Å². The molecular weight excluding hydrogens is 446 g/mol. The molecule has 6 rings (SSSR count). The molecule has 4 heterocycles. The van der Waals surface area contributed by atoms with Crippen molar-refractivity contribution in [3.8, 4) is 0 Å². The highest BCUT2D eigenvalue weighted by molar-refractivity contribution is 7.83. The molecule has 0 spiro atoms. The maximum atomic E-state index is 13.5. The highest BCUT2D eigenvalue weighted by Gasteiger charge is 2.16. The summed E-state index contributed by atoms with van der Waals surface area (Å²) in [5.74, 6) is 0.664. The fraction of sp³-hybridized carbons (Fsp3) is 0.160. The Morgan fingerprint density at radius 1 is 0.912 bits per heavy atom. The van der Waals surface area contributed by atoms with Crippen LogP contribution in [0.25, 0.3) is 21.8 Å². The van der Waals surface area contributed by atoms with E-state index in [0.29, 0.717) is 16.2 Å². The molecule has 0 radical (unpaired) electrons. The predicted octanol–water partition coefficient (Wildman–Crippen LogP) is 3.70. The minimum absolute atomic E-state index is 0.623. The zero-order chi connectivity index (χ0) is 22.9. The maximum Gasteiger partial charge on any atom is 0.176 e. The zero-order valence-corrected chi connectivity index (χ0v) is 19.2. The largest absolute Gasteiger partial charge is 0.369 e. The number of piperazine rings is 1. The van der Waals surface area contributed by atoms with E-state index >= 15 is 0 Å². The van der Waals surface area contributed by atoms with Crippen LogP contribution in [0.1, 0.15) is 0 Å². The van der Waals surface area contributed by atoms with Gasteiger partial charge in [-0.25, -0.2) is 9.19 Å². The van der Waals surface area contributed by atoms with Crippen LogP contribution in [-0.4, -0.2) is 49.5 Å². The van der Waals surface area contributed by atoms with E-state index < -0.39 is 11.0 Å². The molecule has 5 aromatic rings. The second kappa shape index (κ2) is 8.85. The molecule has 0 bridgehead atoms. The van der Waals surface area contributed by atoms with Gasteiger partial charge in [-0.15, -0.1) is 0 Å². The fourth-order valence-electron chi connectivity index (χ4n) is 4.23. The molecule has 0 saturated carbocycles. The molecule has 3 aromatic heterocycles. The zero-order valence-electron chi connectivity index (χ0n) is 18.4. The topological polar surface area (TPSA) is 88.0 Å². The van der Waals surface area contributed by atoms with Crippen molar-refractivity contribution < 1.29 is 4.21 Å². The second-order valence-electron chi connectivity index (χ2n) is 8.14. The van der Waals surface area contributed by atoms with Gasteiger partial charge in [0.1, 0.15) is 5.82 Å². The lowest BCUT2D eigenvalue weighted by molar-refractivity contribution is 0.589. The minimum Gasteiger partial charge on any atom is -0.369 e. The van der Waals surface area contributed by atoms with Gasteiger partial charge < -0.3 is 15.5 Å². The first-order chi connectivity index (χ1) is 16.8. The number of hydrogen-bond donors (Lipinski definition) is 2. The van der Waals surface area contributed by atoms with Crippen LogP contribution < -0.4 is 15.5 Å². The van der Waals surface area contributed by atoms with Crippen molar-refractivity contribution in [2.45, 2.75) is 4.90 Å². The van der Waals surface area contributed by atoms with Gasteiger partial charge in [0.15, 0.2) is 11.0 Å². The predicted molar refractivity (Wildman–Crippen MR) is 136 cm³/mol. The summed E-state index contributed by atoms with van der Waals surface area (Å²) < 4.78 is 15.0. The number of anilines is 3. The lowest BCUT2D eigenvalue weighted by atomic mass is 10.2. The van der Waals surface area contributed by atoms with Crippen LogP contribution in [0.15, 0.2) is 84.1 Å². The number of rotatable bonds is 5. The van der Waals surface area contributed by atoms with Gasteiger partial charge in [-0.3, -0.25) is 4.98 Å². The normalized spacial score (nSPS) is 15.0. The highest BCUT2D eigenvalue weighted by Crippen LogP contribution is 2.26. The smallest absolute Gasteiger partial charge is 0.176 e. The summed E-state index contributed by atoms with van der Waals surface area (Å²) in [5.41, 5.74) is 3.61. The van der Waals surface area contributed by atoms with Gasteiger partial charge in [0.2, 0.25) is 0 Å². The molecule has 8 nitrogen and oxygen atoms in total.